The summed E-state index contributed by atoms with van der Waals surface area (Å²) >= 11 is 4.38. The summed E-state index contributed by atoms with van der Waals surface area (Å²) in [7, 11) is 1.49. The molecular formula is C29H27BrN2O5S. The summed E-state index contributed by atoms with van der Waals surface area (Å²) in [6, 6.07) is 16.7. The molecular weight excluding hydrogens is 568 g/mol. The topological polar surface area (TPSA) is 84.9 Å². The molecule has 4 rings (SSSR count). The first kappa shape index (κ1) is 27.5. The first-order chi connectivity index (χ1) is 18.1. The molecule has 3 aromatic rings. The summed E-state index contributed by atoms with van der Waals surface area (Å²) in [4.78, 5) is 39.5. The van der Waals surface area contributed by atoms with Gasteiger partial charge in [0.1, 0.15) is 0 Å². The van der Waals surface area contributed by atoms with Gasteiger partial charge in [-0.05, 0) is 101 Å². The van der Waals surface area contributed by atoms with Gasteiger partial charge in [0, 0.05) is 4.47 Å². The third-order valence-electron chi connectivity index (χ3n) is 6.00. The van der Waals surface area contributed by atoms with Crippen LogP contribution in [-0.4, -0.2) is 35.7 Å². The maximum absolute atomic E-state index is 12.9. The van der Waals surface area contributed by atoms with Gasteiger partial charge in [-0.2, -0.15) is 0 Å². The summed E-state index contributed by atoms with van der Waals surface area (Å²) < 4.78 is 11.9. The Labute approximate surface area is 234 Å². The minimum absolute atomic E-state index is 0.215. The van der Waals surface area contributed by atoms with E-state index in [9.17, 15) is 14.4 Å². The number of imide groups is 1. The molecule has 1 aliphatic rings. The summed E-state index contributed by atoms with van der Waals surface area (Å²) in [6.07, 6.45) is 1.65. The highest BCUT2D eigenvalue weighted by Crippen LogP contribution is 2.35. The van der Waals surface area contributed by atoms with Crippen LogP contribution in [0.15, 0.2) is 64.0 Å². The van der Waals surface area contributed by atoms with Crippen molar-refractivity contribution in [1.29, 1.82) is 0 Å². The predicted molar refractivity (Wildman–Crippen MR) is 153 cm³/mol. The van der Waals surface area contributed by atoms with Crippen molar-refractivity contribution in [3.63, 3.8) is 0 Å². The van der Waals surface area contributed by atoms with E-state index in [4.69, 9.17) is 9.47 Å². The lowest BCUT2D eigenvalue weighted by molar-refractivity contribution is -0.123. The number of nitrogens with zero attached hydrogens (tertiary/aromatic N) is 1. The Kier molecular flexibility index (Phi) is 8.58. The molecule has 1 fully saturated rings. The van der Waals surface area contributed by atoms with Gasteiger partial charge in [-0.3, -0.25) is 19.3 Å². The van der Waals surface area contributed by atoms with Crippen LogP contribution >= 0.6 is 27.7 Å². The minimum Gasteiger partial charge on any atom is -0.493 e. The lowest BCUT2D eigenvalue weighted by atomic mass is 10.1. The van der Waals surface area contributed by atoms with Crippen LogP contribution in [0, 0.1) is 20.8 Å². The number of nitrogens with one attached hydrogen (secondary N) is 1. The van der Waals surface area contributed by atoms with E-state index in [1.807, 2.05) is 57.2 Å². The largest absolute Gasteiger partial charge is 0.493 e. The molecule has 38 heavy (non-hydrogen) atoms. The van der Waals surface area contributed by atoms with Crippen molar-refractivity contribution in [2.45, 2.75) is 27.3 Å². The molecule has 196 valence electrons. The number of benzene rings is 3. The van der Waals surface area contributed by atoms with Crippen molar-refractivity contribution in [3.8, 4) is 11.5 Å². The smallest absolute Gasteiger partial charge is 0.293 e. The minimum atomic E-state index is -0.338. The summed E-state index contributed by atoms with van der Waals surface area (Å²) in [6.45, 7) is 5.95. The zero-order chi connectivity index (χ0) is 27.4. The Morgan fingerprint density at radius 1 is 1.03 bits per heavy atom. The Morgan fingerprint density at radius 3 is 2.53 bits per heavy atom. The summed E-state index contributed by atoms with van der Waals surface area (Å²) in [5.74, 6) is 0.127. The van der Waals surface area contributed by atoms with Crippen molar-refractivity contribution in [3.05, 3.63) is 91.8 Å². The number of anilines is 1. The lowest BCUT2D eigenvalue weighted by Gasteiger charge is -2.13. The molecule has 0 spiro atoms. The fourth-order valence-electron chi connectivity index (χ4n) is 3.88. The molecule has 0 atom stereocenters. The van der Waals surface area contributed by atoms with E-state index in [1.165, 1.54) is 12.0 Å². The van der Waals surface area contributed by atoms with Gasteiger partial charge < -0.3 is 14.8 Å². The van der Waals surface area contributed by atoms with Gasteiger partial charge in [0.2, 0.25) is 0 Å². The normalized spacial score (nSPS) is 14.2. The molecule has 1 saturated heterocycles. The molecule has 7 nitrogen and oxygen atoms in total. The Balaban J connectivity index is 1.42. The van der Waals surface area contributed by atoms with E-state index in [-0.39, 0.29) is 30.2 Å². The van der Waals surface area contributed by atoms with Gasteiger partial charge in [0.25, 0.3) is 17.1 Å². The van der Waals surface area contributed by atoms with Gasteiger partial charge in [-0.25, -0.2) is 0 Å². The van der Waals surface area contributed by atoms with Crippen LogP contribution in [0.5, 0.6) is 11.5 Å². The molecule has 0 radical (unpaired) electrons. The third kappa shape index (κ3) is 6.46. The number of carbonyl (C=O) groups is 3. The maximum Gasteiger partial charge on any atom is 0.293 e. The van der Waals surface area contributed by atoms with Gasteiger partial charge >= 0.3 is 0 Å². The molecule has 1 N–H and O–H groups in total. The fourth-order valence-corrected chi connectivity index (χ4v) is 5.28. The zero-order valence-corrected chi connectivity index (χ0v) is 23.9. The van der Waals surface area contributed by atoms with Crippen LogP contribution in [0.25, 0.3) is 6.08 Å². The number of halogens is 1. The summed E-state index contributed by atoms with van der Waals surface area (Å²) in [5.41, 5.74) is 5.47. The first-order valence-corrected chi connectivity index (χ1v) is 13.4. The van der Waals surface area contributed by atoms with Crippen molar-refractivity contribution < 1.29 is 23.9 Å². The van der Waals surface area contributed by atoms with Crippen LogP contribution in [-0.2, 0) is 16.1 Å². The highest BCUT2D eigenvalue weighted by atomic mass is 79.9. The molecule has 3 amide bonds. The molecule has 0 aliphatic carbocycles. The van der Waals surface area contributed by atoms with E-state index in [1.54, 1.807) is 24.3 Å². The van der Waals surface area contributed by atoms with Crippen LogP contribution in [0.1, 0.15) is 27.8 Å². The van der Waals surface area contributed by atoms with Gasteiger partial charge in [-0.15, -0.1) is 0 Å². The van der Waals surface area contributed by atoms with Crippen molar-refractivity contribution in [2.24, 2.45) is 0 Å². The van der Waals surface area contributed by atoms with Crippen molar-refractivity contribution in [1.82, 2.24) is 4.90 Å². The number of thioether (sulfide) groups is 1. The second kappa shape index (κ2) is 11.9. The molecule has 0 saturated carbocycles. The molecule has 3 aromatic carbocycles. The van der Waals surface area contributed by atoms with E-state index >= 15 is 0 Å². The average molecular weight is 596 g/mol. The molecule has 0 aromatic heterocycles. The van der Waals surface area contributed by atoms with E-state index in [0.717, 1.165) is 38.5 Å². The number of amides is 3. The fraction of sp³-hybridized carbons (Fsp3) is 0.207. The van der Waals surface area contributed by atoms with Crippen LogP contribution < -0.4 is 14.8 Å². The van der Waals surface area contributed by atoms with Crippen molar-refractivity contribution in [2.75, 3.05) is 19.0 Å². The highest BCUT2D eigenvalue weighted by Gasteiger charge is 2.35. The zero-order valence-electron chi connectivity index (χ0n) is 21.5. The number of hydrogen-bond donors (Lipinski definition) is 1. The number of aryl methyl sites for hydroxylation is 3. The quantitative estimate of drug-likeness (QED) is 0.294. The standard InChI is InChI=1S/C29H27BrN2O5S/c1-17-6-5-7-21(10-17)15-32-28(34)26(38-29(32)35)14-20-8-9-24(25(13-20)36-4)37-16-27(33)31-23-12-19(3)18(2)11-22(23)30/h5-14H,15-16H2,1-4H3,(H,31,33)/b26-14-. The second-order valence-electron chi connectivity index (χ2n) is 8.92. The first-order valence-electron chi connectivity index (χ1n) is 11.8. The molecule has 1 aliphatic heterocycles. The lowest BCUT2D eigenvalue weighted by Crippen LogP contribution is -2.27. The van der Waals surface area contributed by atoms with Crippen LogP contribution in [0.4, 0.5) is 10.5 Å². The maximum atomic E-state index is 12.9. The number of hydrogen-bond acceptors (Lipinski definition) is 6. The van der Waals surface area contributed by atoms with Crippen LogP contribution in [0.2, 0.25) is 0 Å². The Morgan fingerprint density at radius 2 is 1.79 bits per heavy atom. The number of carbonyl (C=O) groups excluding carboxylic acids is 3. The van der Waals surface area contributed by atoms with Crippen LogP contribution in [0.3, 0.4) is 0 Å². The predicted octanol–water partition coefficient (Wildman–Crippen LogP) is 6.64. The van der Waals surface area contributed by atoms with E-state index in [0.29, 0.717) is 27.7 Å². The Hall–Kier alpha value is -3.56. The SMILES string of the molecule is COc1cc(/C=C2\SC(=O)N(Cc3cccc(C)c3)C2=O)ccc1OCC(=O)Nc1cc(C)c(C)cc1Br. The Bertz CT molecular complexity index is 1450. The molecule has 9 heteroatoms. The van der Waals surface area contributed by atoms with E-state index < -0.39 is 0 Å². The third-order valence-corrected chi connectivity index (χ3v) is 7.56. The number of ether oxygens (including phenoxy) is 2. The molecule has 0 bridgehead atoms. The van der Waals surface area contributed by atoms with Crippen molar-refractivity contribution >= 4 is 56.5 Å². The highest BCUT2D eigenvalue weighted by molar-refractivity contribution is 9.10. The van der Waals surface area contributed by atoms with Gasteiger partial charge in [0.05, 0.1) is 24.2 Å². The number of rotatable bonds is 8. The molecule has 0 unspecified atom stereocenters. The summed E-state index contributed by atoms with van der Waals surface area (Å²) in [5, 5.41) is 2.53. The van der Waals surface area contributed by atoms with Gasteiger partial charge in [-0.1, -0.05) is 35.9 Å². The number of methoxy groups -OCH3 is 1. The van der Waals surface area contributed by atoms with E-state index in [2.05, 4.69) is 21.2 Å². The average Bonchev–Trinajstić information content (AvgIpc) is 3.13. The van der Waals surface area contributed by atoms with Gasteiger partial charge in [0.15, 0.2) is 18.1 Å². The monoisotopic (exact) mass is 594 g/mol. The second-order valence-corrected chi connectivity index (χ2v) is 10.8. The molecule has 1 heterocycles.